The molecule has 1 saturated carbocycles. The SMILES string of the molecule is Cc1ccc(C2CCCCC2)c(OC(CCO)C(=O)O)c1. The van der Waals surface area contributed by atoms with Crippen LogP contribution in [0.3, 0.4) is 0 Å². The molecule has 0 aliphatic heterocycles. The zero-order valence-electron chi connectivity index (χ0n) is 12.5. The quantitative estimate of drug-likeness (QED) is 0.844. The minimum atomic E-state index is -1.03. The van der Waals surface area contributed by atoms with Crippen LogP contribution in [0.15, 0.2) is 18.2 Å². The summed E-state index contributed by atoms with van der Waals surface area (Å²) in [7, 11) is 0. The molecule has 2 rings (SSSR count). The summed E-state index contributed by atoms with van der Waals surface area (Å²) in [4.78, 5) is 11.2. The van der Waals surface area contributed by atoms with Crippen LogP contribution in [0.2, 0.25) is 0 Å². The number of aliphatic carboxylic acids is 1. The van der Waals surface area contributed by atoms with Gasteiger partial charge < -0.3 is 14.9 Å². The van der Waals surface area contributed by atoms with Crippen LogP contribution >= 0.6 is 0 Å². The molecule has 2 N–H and O–H groups in total. The third kappa shape index (κ3) is 4.21. The number of aliphatic hydroxyl groups excluding tert-OH is 1. The molecule has 0 amide bonds. The number of benzene rings is 1. The summed E-state index contributed by atoms with van der Waals surface area (Å²) in [6, 6.07) is 6.04. The molecule has 1 aromatic carbocycles. The van der Waals surface area contributed by atoms with Crippen molar-refractivity contribution < 1.29 is 19.7 Å². The molecule has 1 aliphatic rings. The van der Waals surface area contributed by atoms with Gasteiger partial charge in [0.15, 0.2) is 6.10 Å². The van der Waals surface area contributed by atoms with Crippen LogP contribution in [-0.2, 0) is 4.79 Å². The van der Waals surface area contributed by atoms with Crippen LogP contribution in [-0.4, -0.2) is 28.9 Å². The fraction of sp³-hybridized carbons (Fsp3) is 0.588. The highest BCUT2D eigenvalue weighted by Crippen LogP contribution is 2.38. The lowest BCUT2D eigenvalue weighted by Crippen LogP contribution is -2.28. The molecule has 0 heterocycles. The number of aryl methyl sites for hydroxylation is 1. The first-order chi connectivity index (χ1) is 10.1. The number of aliphatic hydroxyl groups is 1. The molecule has 0 radical (unpaired) electrons. The van der Waals surface area contributed by atoms with Crippen molar-refractivity contribution >= 4 is 5.97 Å². The van der Waals surface area contributed by atoms with Crippen molar-refractivity contribution in [2.24, 2.45) is 0 Å². The molecule has 1 atom stereocenters. The van der Waals surface area contributed by atoms with Gasteiger partial charge in [-0.15, -0.1) is 0 Å². The van der Waals surface area contributed by atoms with Crippen molar-refractivity contribution in [3.63, 3.8) is 0 Å². The first-order valence-electron chi connectivity index (χ1n) is 7.72. The Kier molecular flexibility index (Phi) is 5.62. The second-order valence-corrected chi connectivity index (χ2v) is 5.83. The molecule has 1 unspecified atom stereocenters. The van der Waals surface area contributed by atoms with Crippen molar-refractivity contribution in [2.45, 2.75) is 57.5 Å². The molecule has 4 nitrogen and oxygen atoms in total. The second-order valence-electron chi connectivity index (χ2n) is 5.83. The normalized spacial score (nSPS) is 17.4. The Morgan fingerprint density at radius 1 is 1.33 bits per heavy atom. The van der Waals surface area contributed by atoms with E-state index in [-0.39, 0.29) is 13.0 Å². The Morgan fingerprint density at radius 2 is 2.05 bits per heavy atom. The molecule has 0 aromatic heterocycles. The van der Waals surface area contributed by atoms with E-state index in [0.29, 0.717) is 11.7 Å². The molecule has 4 heteroatoms. The van der Waals surface area contributed by atoms with Crippen molar-refractivity contribution in [3.05, 3.63) is 29.3 Å². The molecular formula is C17H24O4. The number of hydrogen-bond acceptors (Lipinski definition) is 3. The molecule has 0 spiro atoms. The van der Waals surface area contributed by atoms with Crippen LogP contribution in [0.1, 0.15) is 55.6 Å². The molecule has 1 aromatic rings. The van der Waals surface area contributed by atoms with Crippen LogP contribution in [0, 0.1) is 6.92 Å². The Bertz CT molecular complexity index is 478. The van der Waals surface area contributed by atoms with Gasteiger partial charge in [-0.3, -0.25) is 0 Å². The van der Waals surface area contributed by atoms with E-state index < -0.39 is 12.1 Å². The van der Waals surface area contributed by atoms with Gasteiger partial charge in [-0.05, 0) is 42.9 Å². The molecule has 1 fully saturated rings. The summed E-state index contributed by atoms with van der Waals surface area (Å²) in [6.45, 7) is 1.78. The first-order valence-corrected chi connectivity index (χ1v) is 7.72. The van der Waals surface area contributed by atoms with E-state index in [9.17, 15) is 9.90 Å². The van der Waals surface area contributed by atoms with Crippen molar-refractivity contribution in [2.75, 3.05) is 6.61 Å². The number of carbonyl (C=O) groups is 1. The first kappa shape index (κ1) is 15.8. The van der Waals surface area contributed by atoms with E-state index in [1.54, 1.807) is 0 Å². The van der Waals surface area contributed by atoms with Crippen molar-refractivity contribution in [3.8, 4) is 5.75 Å². The topological polar surface area (TPSA) is 66.8 Å². The van der Waals surface area contributed by atoms with Gasteiger partial charge in [-0.2, -0.15) is 0 Å². The summed E-state index contributed by atoms with van der Waals surface area (Å²) in [5.41, 5.74) is 2.17. The fourth-order valence-corrected chi connectivity index (χ4v) is 3.00. The van der Waals surface area contributed by atoms with E-state index in [1.165, 1.54) is 19.3 Å². The van der Waals surface area contributed by atoms with E-state index >= 15 is 0 Å². The lowest BCUT2D eigenvalue weighted by molar-refractivity contribution is -0.145. The predicted molar refractivity (Wildman–Crippen MR) is 80.8 cm³/mol. The predicted octanol–water partition coefficient (Wildman–Crippen LogP) is 3.26. The Morgan fingerprint density at radius 3 is 2.67 bits per heavy atom. The third-order valence-electron chi connectivity index (χ3n) is 4.15. The summed E-state index contributed by atoms with van der Waals surface area (Å²) < 4.78 is 5.72. The maximum Gasteiger partial charge on any atom is 0.344 e. The lowest BCUT2D eigenvalue weighted by Gasteiger charge is -2.25. The average Bonchev–Trinajstić information content (AvgIpc) is 2.48. The Hall–Kier alpha value is -1.55. The van der Waals surface area contributed by atoms with E-state index in [4.69, 9.17) is 9.84 Å². The largest absolute Gasteiger partial charge is 0.479 e. The van der Waals surface area contributed by atoms with E-state index in [1.807, 2.05) is 13.0 Å². The summed E-state index contributed by atoms with van der Waals surface area (Å²) in [6.07, 6.45) is 5.11. The highest BCUT2D eigenvalue weighted by molar-refractivity contribution is 5.72. The van der Waals surface area contributed by atoms with Crippen molar-refractivity contribution in [1.82, 2.24) is 0 Å². The smallest absolute Gasteiger partial charge is 0.344 e. The Balaban J connectivity index is 2.23. The molecule has 0 saturated heterocycles. The number of carboxylic acid groups (broad SMARTS) is 1. The number of carboxylic acids is 1. The highest BCUT2D eigenvalue weighted by Gasteiger charge is 2.24. The van der Waals surface area contributed by atoms with Gasteiger partial charge in [-0.25, -0.2) is 4.79 Å². The van der Waals surface area contributed by atoms with Crippen LogP contribution in [0.25, 0.3) is 0 Å². The van der Waals surface area contributed by atoms with Gasteiger partial charge >= 0.3 is 5.97 Å². The molecule has 0 bridgehead atoms. The van der Waals surface area contributed by atoms with Crippen LogP contribution < -0.4 is 4.74 Å². The number of rotatable bonds is 6. The summed E-state index contributed by atoms with van der Waals surface area (Å²) in [5.74, 6) is 0.0980. The zero-order valence-corrected chi connectivity index (χ0v) is 12.5. The maximum atomic E-state index is 11.2. The standard InChI is InChI=1S/C17H24O4/c1-12-7-8-14(13-5-3-2-4-6-13)16(11-12)21-15(9-10-18)17(19)20/h7-8,11,13,15,18H,2-6,9-10H2,1H3,(H,19,20). The third-order valence-corrected chi connectivity index (χ3v) is 4.15. The number of hydrogen-bond donors (Lipinski definition) is 2. The second kappa shape index (κ2) is 7.46. The Labute approximate surface area is 125 Å². The molecular weight excluding hydrogens is 268 g/mol. The van der Waals surface area contributed by atoms with Crippen LogP contribution in [0.4, 0.5) is 0 Å². The van der Waals surface area contributed by atoms with Crippen molar-refractivity contribution in [1.29, 1.82) is 0 Å². The van der Waals surface area contributed by atoms with Crippen LogP contribution in [0.5, 0.6) is 5.75 Å². The van der Waals surface area contributed by atoms with Gasteiger partial charge in [0.1, 0.15) is 5.75 Å². The van der Waals surface area contributed by atoms with E-state index in [0.717, 1.165) is 24.0 Å². The van der Waals surface area contributed by atoms with Gasteiger partial charge in [0, 0.05) is 13.0 Å². The summed E-state index contributed by atoms with van der Waals surface area (Å²) >= 11 is 0. The monoisotopic (exact) mass is 292 g/mol. The van der Waals surface area contributed by atoms with Gasteiger partial charge in [0.25, 0.3) is 0 Å². The molecule has 21 heavy (non-hydrogen) atoms. The minimum Gasteiger partial charge on any atom is -0.479 e. The highest BCUT2D eigenvalue weighted by atomic mass is 16.5. The van der Waals surface area contributed by atoms with Gasteiger partial charge in [0.05, 0.1) is 0 Å². The lowest BCUT2D eigenvalue weighted by atomic mass is 9.83. The minimum absolute atomic E-state index is 0.105. The average molecular weight is 292 g/mol. The molecule has 1 aliphatic carbocycles. The number of ether oxygens (including phenoxy) is 1. The zero-order chi connectivity index (χ0) is 15.2. The molecule has 116 valence electrons. The summed E-state index contributed by atoms with van der Waals surface area (Å²) in [5, 5.41) is 18.2. The van der Waals surface area contributed by atoms with Gasteiger partial charge in [0.2, 0.25) is 0 Å². The van der Waals surface area contributed by atoms with E-state index in [2.05, 4.69) is 12.1 Å². The maximum absolute atomic E-state index is 11.2. The fourth-order valence-electron chi connectivity index (χ4n) is 3.00. The van der Waals surface area contributed by atoms with Gasteiger partial charge in [-0.1, -0.05) is 31.4 Å².